The molecule has 0 unspecified atom stereocenters. The number of nitrogens with zero attached hydrogens (tertiary/aromatic N) is 2. The number of hydrogen-bond acceptors (Lipinski definition) is 7. The molecule has 1 amide bonds. The van der Waals surface area contributed by atoms with Crippen LogP contribution < -0.4 is 5.32 Å². The minimum atomic E-state index is -0.673. The number of aromatic nitrogens is 2. The van der Waals surface area contributed by atoms with Crippen LogP contribution in [0, 0.1) is 0 Å². The summed E-state index contributed by atoms with van der Waals surface area (Å²) in [5, 5.41) is 3.36. The smallest absolute Gasteiger partial charge is 0.259 e. The van der Waals surface area contributed by atoms with E-state index in [0.717, 1.165) is 15.5 Å². The van der Waals surface area contributed by atoms with E-state index in [1.54, 1.807) is 24.2 Å². The molecule has 2 aromatic heterocycles. The molecular formula is C19H21N3O3S2. The number of thioether (sulfide) groups is 1. The van der Waals surface area contributed by atoms with Crippen molar-refractivity contribution in [2.45, 2.75) is 35.8 Å². The van der Waals surface area contributed by atoms with Gasteiger partial charge in [0.1, 0.15) is 5.76 Å². The number of carbonyl (C=O) groups excluding carboxylic acids is 1. The molecule has 3 aromatic rings. The lowest BCUT2D eigenvalue weighted by Crippen LogP contribution is -2.22. The highest BCUT2D eigenvalue weighted by Gasteiger charge is 2.21. The number of nitrogens with one attached hydrogen (secondary N) is 1. The topological polar surface area (TPSA) is 77.2 Å². The lowest BCUT2D eigenvalue weighted by molar-refractivity contribution is -0.126. The standard InChI is InChI=1S/C19H21N3O3S2/c1-12(2)14-9-20-15(25-14)11-26-16-10-21-19(27-16)22-18(23)17(24-3)13-7-5-4-6-8-13/h4-10,12,17H,11H2,1-3H3,(H,21,22,23)/t17-/m1/s1. The van der Waals surface area contributed by atoms with Crippen LogP contribution in [-0.2, 0) is 15.3 Å². The van der Waals surface area contributed by atoms with E-state index in [-0.39, 0.29) is 5.91 Å². The Kier molecular flexibility index (Phi) is 6.65. The quantitative estimate of drug-likeness (QED) is 0.541. The third kappa shape index (κ3) is 5.18. The monoisotopic (exact) mass is 403 g/mol. The first-order valence-electron chi connectivity index (χ1n) is 8.48. The molecule has 142 valence electrons. The van der Waals surface area contributed by atoms with Crippen LogP contribution >= 0.6 is 23.1 Å². The molecule has 3 rings (SSSR count). The van der Waals surface area contributed by atoms with Crippen molar-refractivity contribution in [2.75, 3.05) is 12.4 Å². The van der Waals surface area contributed by atoms with Crippen LogP contribution in [0.5, 0.6) is 0 Å². The number of amides is 1. The Bertz CT molecular complexity index is 877. The second-order valence-corrected chi connectivity index (χ2v) is 8.41. The molecule has 0 aliphatic carbocycles. The fourth-order valence-electron chi connectivity index (χ4n) is 2.37. The van der Waals surface area contributed by atoms with Crippen LogP contribution in [0.25, 0.3) is 0 Å². The molecule has 1 aromatic carbocycles. The number of hydrogen-bond donors (Lipinski definition) is 1. The first-order valence-corrected chi connectivity index (χ1v) is 10.3. The Morgan fingerprint density at radius 1 is 1.26 bits per heavy atom. The second-order valence-electron chi connectivity index (χ2n) is 6.10. The highest BCUT2D eigenvalue weighted by atomic mass is 32.2. The van der Waals surface area contributed by atoms with E-state index in [0.29, 0.717) is 22.7 Å². The predicted molar refractivity (Wildman–Crippen MR) is 107 cm³/mol. The van der Waals surface area contributed by atoms with Gasteiger partial charge in [-0.1, -0.05) is 55.5 Å². The Morgan fingerprint density at radius 2 is 2.04 bits per heavy atom. The Hall–Kier alpha value is -2.16. The summed E-state index contributed by atoms with van der Waals surface area (Å²) in [6, 6.07) is 9.37. The molecule has 2 heterocycles. The number of ether oxygens (including phenoxy) is 1. The van der Waals surface area contributed by atoms with Crippen molar-refractivity contribution < 1.29 is 13.9 Å². The molecule has 0 fully saturated rings. The maximum absolute atomic E-state index is 12.5. The van der Waals surface area contributed by atoms with Gasteiger partial charge >= 0.3 is 0 Å². The molecule has 1 atom stereocenters. The van der Waals surface area contributed by atoms with Gasteiger partial charge in [-0.05, 0) is 5.56 Å². The van der Waals surface area contributed by atoms with Crippen LogP contribution in [0.2, 0.25) is 0 Å². The largest absolute Gasteiger partial charge is 0.445 e. The van der Waals surface area contributed by atoms with Crippen molar-refractivity contribution in [3.8, 4) is 0 Å². The normalized spacial score (nSPS) is 12.3. The number of thiazole rings is 1. The van der Waals surface area contributed by atoms with Crippen LogP contribution in [0.3, 0.4) is 0 Å². The summed E-state index contributed by atoms with van der Waals surface area (Å²) >= 11 is 2.99. The molecule has 0 aliphatic heterocycles. The molecule has 0 saturated carbocycles. The van der Waals surface area contributed by atoms with Gasteiger partial charge in [-0.2, -0.15) is 0 Å². The summed E-state index contributed by atoms with van der Waals surface area (Å²) in [5.41, 5.74) is 0.800. The molecule has 0 saturated heterocycles. The molecule has 0 aliphatic rings. The number of oxazole rings is 1. The van der Waals surface area contributed by atoms with Crippen molar-refractivity contribution in [1.29, 1.82) is 0 Å². The summed E-state index contributed by atoms with van der Waals surface area (Å²) in [6.45, 7) is 4.14. The predicted octanol–water partition coefficient (Wildman–Crippen LogP) is 4.87. The molecule has 1 N–H and O–H groups in total. The average Bonchev–Trinajstić information content (AvgIpc) is 3.31. The van der Waals surface area contributed by atoms with Crippen LogP contribution in [-0.4, -0.2) is 23.0 Å². The van der Waals surface area contributed by atoms with Gasteiger partial charge in [0.25, 0.3) is 5.91 Å². The lowest BCUT2D eigenvalue weighted by atomic mass is 10.1. The first-order chi connectivity index (χ1) is 13.1. The van der Waals surface area contributed by atoms with Crippen molar-refractivity contribution in [3.05, 3.63) is 59.9 Å². The lowest BCUT2D eigenvalue weighted by Gasteiger charge is -2.14. The number of rotatable bonds is 8. The SMILES string of the molecule is CO[C@@H](C(=O)Nc1ncc(SCc2ncc(C(C)C)o2)s1)c1ccccc1. The van der Waals surface area contributed by atoms with E-state index in [1.165, 1.54) is 18.4 Å². The number of methoxy groups -OCH3 is 1. The number of anilines is 1. The highest BCUT2D eigenvalue weighted by Crippen LogP contribution is 2.31. The summed E-state index contributed by atoms with van der Waals surface area (Å²) in [6.07, 6.45) is 2.84. The number of benzene rings is 1. The third-order valence-electron chi connectivity index (χ3n) is 3.77. The Labute approximate surface area is 166 Å². The average molecular weight is 404 g/mol. The van der Waals surface area contributed by atoms with E-state index < -0.39 is 6.10 Å². The van der Waals surface area contributed by atoms with E-state index in [2.05, 4.69) is 29.1 Å². The maximum Gasteiger partial charge on any atom is 0.259 e. The van der Waals surface area contributed by atoms with Crippen molar-refractivity contribution in [3.63, 3.8) is 0 Å². The summed E-state index contributed by atoms with van der Waals surface area (Å²) in [4.78, 5) is 21.1. The van der Waals surface area contributed by atoms with Crippen LogP contribution in [0.4, 0.5) is 5.13 Å². The molecule has 6 nitrogen and oxygen atoms in total. The minimum Gasteiger partial charge on any atom is -0.445 e. The minimum absolute atomic E-state index is 0.246. The third-order valence-corrected chi connectivity index (χ3v) is 5.86. The summed E-state index contributed by atoms with van der Waals surface area (Å²) in [5.74, 6) is 2.26. The summed E-state index contributed by atoms with van der Waals surface area (Å²) in [7, 11) is 1.52. The van der Waals surface area contributed by atoms with E-state index >= 15 is 0 Å². The Morgan fingerprint density at radius 3 is 2.70 bits per heavy atom. The fourth-order valence-corrected chi connectivity index (χ4v) is 4.10. The highest BCUT2D eigenvalue weighted by molar-refractivity contribution is 8.00. The second kappa shape index (κ2) is 9.16. The zero-order valence-electron chi connectivity index (χ0n) is 15.3. The molecular weight excluding hydrogens is 382 g/mol. The van der Waals surface area contributed by atoms with Gasteiger partial charge in [0.2, 0.25) is 5.89 Å². The van der Waals surface area contributed by atoms with Gasteiger partial charge in [0, 0.05) is 13.0 Å². The van der Waals surface area contributed by atoms with E-state index in [4.69, 9.17) is 9.15 Å². The molecule has 27 heavy (non-hydrogen) atoms. The number of carbonyl (C=O) groups is 1. The zero-order chi connectivity index (χ0) is 19.2. The van der Waals surface area contributed by atoms with Crippen molar-refractivity contribution >= 4 is 34.1 Å². The van der Waals surface area contributed by atoms with Gasteiger partial charge in [-0.3, -0.25) is 10.1 Å². The van der Waals surface area contributed by atoms with Crippen molar-refractivity contribution in [2.24, 2.45) is 0 Å². The molecule has 0 spiro atoms. The Balaban J connectivity index is 1.57. The summed E-state index contributed by atoms with van der Waals surface area (Å²) < 4.78 is 12.0. The molecule has 0 bridgehead atoms. The van der Waals surface area contributed by atoms with Gasteiger partial charge < -0.3 is 9.15 Å². The maximum atomic E-state index is 12.5. The van der Waals surface area contributed by atoms with Crippen LogP contribution in [0.1, 0.15) is 43.1 Å². The fraction of sp³-hybridized carbons (Fsp3) is 0.316. The first kappa shape index (κ1) is 19.6. The van der Waals surface area contributed by atoms with Gasteiger partial charge in [-0.15, -0.1) is 11.8 Å². The van der Waals surface area contributed by atoms with Gasteiger partial charge in [0.05, 0.1) is 22.4 Å². The van der Waals surface area contributed by atoms with E-state index in [1.807, 2.05) is 30.3 Å². The van der Waals surface area contributed by atoms with Gasteiger partial charge in [-0.25, -0.2) is 9.97 Å². The van der Waals surface area contributed by atoms with E-state index in [9.17, 15) is 4.79 Å². The van der Waals surface area contributed by atoms with Crippen LogP contribution in [0.15, 0.2) is 51.4 Å². The van der Waals surface area contributed by atoms with Gasteiger partial charge in [0.15, 0.2) is 11.2 Å². The zero-order valence-corrected chi connectivity index (χ0v) is 17.0. The molecule has 8 heteroatoms. The van der Waals surface area contributed by atoms with Crippen molar-refractivity contribution in [1.82, 2.24) is 9.97 Å². The molecule has 0 radical (unpaired) electrons.